The third kappa shape index (κ3) is 2.48. The van der Waals surface area contributed by atoms with Gasteiger partial charge in [0.15, 0.2) is 0 Å². The van der Waals surface area contributed by atoms with Crippen molar-refractivity contribution in [3.05, 3.63) is 59.4 Å². The summed E-state index contributed by atoms with van der Waals surface area (Å²) in [7, 11) is 0. The molecule has 0 saturated carbocycles. The van der Waals surface area contributed by atoms with Gasteiger partial charge in [-0.15, -0.1) is 0 Å². The number of benzene rings is 2. The first-order valence-corrected chi connectivity index (χ1v) is 5.50. The molecule has 3 nitrogen and oxygen atoms in total. The average molecular weight is 244 g/mol. The normalized spacial score (nSPS) is 10.1. The van der Waals surface area contributed by atoms with Gasteiger partial charge in [0.2, 0.25) is 0 Å². The van der Waals surface area contributed by atoms with Crippen LogP contribution in [0.2, 0.25) is 0 Å². The van der Waals surface area contributed by atoms with Crippen molar-refractivity contribution in [2.45, 2.75) is 6.92 Å². The Kier molecular flexibility index (Phi) is 3.28. The van der Waals surface area contributed by atoms with Crippen LogP contribution in [0, 0.1) is 12.7 Å². The smallest absolute Gasteiger partial charge is 0.257 e. The van der Waals surface area contributed by atoms with Crippen LogP contribution in [0.3, 0.4) is 0 Å². The highest BCUT2D eigenvalue weighted by Crippen LogP contribution is 2.18. The van der Waals surface area contributed by atoms with Gasteiger partial charge in [0, 0.05) is 5.69 Å². The second-order valence-electron chi connectivity index (χ2n) is 4.02. The van der Waals surface area contributed by atoms with Gasteiger partial charge in [-0.3, -0.25) is 4.79 Å². The van der Waals surface area contributed by atoms with Gasteiger partial charge in [0.25, 0.3) is 5.91 Å². The summed E-state index contributed by atoms with van der Waals surface area (Å²) in [5.74, 6) is -0.881. The molecule has 0 fully saturated rings. The Bertz CT molecular complexity index is 596. The van der Waals surface area contributed by atoms with Crippen molar-refractivity contribution in [3.63, 3.8) is 0 Å². The summed E-state index contributed by atoms with van der Waals surface area (Å²) >= 11 is 0. The van der Waals surface area contributed by atoms with Crippen LogP contribution in [-0.2, 0) is 0 Å². The number of anilines is 2. The second-order valence-corrected chi connectivity index (χ2v) is 4.02. The lowest BCUT2D eigenvalue weighted by Crippen LogP contribution is -2.14. The fourth-order valence-corrected chi connectivity index (χ4v) is 1.61. The molecule has 92 valence electrons. The summed E-state index contributed by atoms with van der Waals surface area (Å²) < 4.78 is 13.6. The van der Waals surface area contributed by atoms with Gasteiger partial charge in [-0.25, -0.2) is 4.39 Å². The SMILES string of the molecule is Cc1ccc(NC(=O)c2ccccc2N)c(F)c1. The zero-order chi connectivity index (χ0) is 13.1. The molecule has 0 spiro atoms. The molecule has 2 aromatic carbocycles. The Hall–Kier alpha value is -2.36. The number of carbonyl (C=O) groups is 1. The molecule has 3 N–H and O–H groups in total. The number of amides is 1. The zero-order valence-corrected chi connectivity index (χ0v) is 9.91. The maximum absolute atomic E-state index is 13.6. The lowest BCUT2D eigenvalue weighted by Gasteiger charge is -2.08. The third-order valence-electron chi connectivity index (χ3n) is 2.58. The average Bonchev–Trinajstić information content (AvgIpc) is 2.33. The quantitative estimate of drug-likeness (QED) is 0.798. The summed E-state index contributed by atoms with van der Waals surface area (Å²) in [5, 5.41) is 2.50. The summed E-state index contributed by atoms with van der Waals surface area (Å²) in [6.45, 7) is 1.78. The molecule has 4 heteroatoms. The number of aryl methyl sites for hydroxylation is 1. The van der Waals surface area contributed by atoms with Crippen LogP contribution in [0.25, 0.3) is 0 Å². The molecule has 0 aliphatic heterocycles. The van der Waals surface area contributed by atoms with Crippen LogP contribution in [-0.4, -0.2) is 5.91 Å². The highest BCUT2D eigenvalue weighted by Gasteiger charge is 2.11. The minimum absolute atomic E-state index is 0.147. The van der Waals surface area contributed by atoms with Crippen LogP contribution in [0.15, 0.2) is 42.5 Å². The second kappa shape index (κ2) is 4.87. The largest absolute Gasteiger partial charge is 0.398 e. The Morgan fingerprint density at radius 1 is 1.22 bits per heavy atom. The van der Waals surface area contributed by atoms with Gasteiger partial charge >= 0.3 is 0 Å². The maximum Gasteiger partial charge on any atom is 0.257 e. The van der Waals surface area contributed by atoms with Gasteiger partial charge < -0.3 is 11.1 Å². The highest BCUT2D eigenvalue weighted by atomic mass is 19.1. The summed E-state index contributed by atoms with van der Waals surface area (Å²) in [6, 6.07) is 11.3. The Balaban J connectivity index is 2.24. The van der Waals surface area contributed by atoms with Gasteiger partial charge in [-0.2, -0.15) is 0 Å². The number of halogens is 1. The molecule has 0 unspecified atom stereocenters. The first kappa shape index (κ1) is 12.1. The molecule has 0 saturated heterocycles. The molecule has 0 atom stereocenters. The van der Waals surface area contributed by atoms with Crippen molar-refractivity contribution in [1.82, 2.24) is 0 Å². The van der Waals surface area contributed by atoms with E-state index >= 15 is 0 Å². The van der Waals surface area contributed by atoms with Crippen LogP contribution >= 0.6 is 0 Å². The minimum atomic E-state index is -0.460. The lowest BCUT2D eigenvalue weighted by molar-refractivity contribution is 0.102. The molecule has 2 aromatic rings. The van der Waals surface area contributed by atoms with E-state index in [4.69, 9.17) is 5.73 Å². The van der Waals surface area contributed by atoms with Crippen molar-refractivity contribution in [3.8, 4) is 0 Å². The van der Waals surface area contributed by atoms with E-state index in [2.05, 4.69) is 5.32 Å². The number of hydrogen-bond acceptors (Lipinski definition) is 2. The number of rotatable bonds is 2. The molecular weight excluding hydrogens is 231 g/mol. The Morgan fingerprint density at radius 2 is 1.94 bits per heavy atom. The summed E-state index contributed by atoms with van der Waals surface area (Å²) in [4.78, 5) is 11.9. The molecule has 0 aliphatic rings. The van der Waals surface area contributed by atoms with E-state index in [0.717, 1.165) is 5.56 Å². The van der Waals surface area contributed by atoms with Gasteiger partial charge in [0.1, 0.15) is 5.82 Å². The predicted molar refractivity (Wildman–Crippen MR) is 69.9 cm³/mol. The minimum Gasteiger partial charge on any atom is -0.398 e. The standard InChI is InChI=1S/C14H13FN2O/c1-9-6-7-13(11(15)8-9)17-14(18)10-4-2-3-5-12(10)16/h2-8H,16H2,1H3,(H,17,18). The predicted octanol–water partition coefficient (Wildman–Crippen LogP) is 2.97. The first-order chi connectivity index (χ1) is 8.58. The van der Waals surface area contributed by atoms with Crippen molar-refractivity contribution in [2.24, 2.45) is 0 Å². The molecular formula is C14H13FN2O. The first-order valence-electron chi connectivity index (χ1n) is 5.50. The molecule has 0 aromatic heterocycles. The van der Waals surface area contributed by atoms with Crippen molar-refractivity contribution in [1.29, 1.82) is 0 Å². The van der Waals surface area contributed by atoms with E-state index in [1.54, 1.807) is 37.3 Å². The third-order valence-corrected chi connectivity index (χ3v) is 2.58. The van der Waals surface area contributed by atoms with Crippen molar-refractivity contribution in [2.75, 3.05) is 11.1 Å². The molecule has 0 bridgehead atoms. The summed E-state index contributed by atoms with van der Waals surface area (Å²) in [6.07, 6.45) is 0. The number of para-hydroxylation sites is 1. The molecule has 0 heterocycles. The van der Waals surface area contributed by atoms with Crippen LogP contribution in [0.1, 0.15) is 15.9 Å². The molecule has 0 aliphatic carbocycles. The van der Waals surface area contributed by atoms with Gasteiger partial charge in [-0.05, 0) is 36.8 Å². The number of nitrogens with two attached hydrogens (primary N) is 1. The van der Waals surface area contributed by atoms with Crippen LogP contribution in [0.4, 0.5) is 15.8 Å². The fourth-order valence-electron chi connectivity index (χ4n) is 1.61. The van der Waals surface area contributed by atoms with E-state index < -0.39 is 11.7 Å². The van der Waals surface area contributed by atoms with E-state index in [9.17, 15) is 9.18 Å². The van der Waals surface area contributed by atoms with Gasteiger partial charge in [0.05, 0.1) is 11.3 Å². The van der Waals surface area contributed by atoms with Crippen LogP contribution < -0.4 is 11.1 Å². The van der Waals surface area contributed by atoms with Crippen LogP contribution in [0.5, 0.6) is 0 Å². The van der Waals surface area contributed by atoms with E-state index in [-0.39, 0.29) is 5.69 Å². The number of nitrogens with one attached hydrogen (secondary N) is 1. The molecule has 1 amide bonds. The van der Waals surface area contributed by atoms with Gasteiger partial charge in [-0.1, -0.05) is 18.2 Å². The highest BCUT2D eigenvalue weighted by molar-refractivity contribution is 6.07. The lowest BCUT2D eigenvalue weighted by atomic mass is 10.1. The van der Waals surface area contributed by atoms with Crippen molar-refractivity contribution >= 4 is 17.3 Å². The zero-order valence-electron chi connectivity index (χ0n) is 9.91. The Labute approximate surface area is 104 Å². The van der Waals surface area contributed by atoms with E-state index in [0.29, 0.717) is 11.3 Å². The maximum atomic E-state index is 13.6. The fraction of sp³-hybridized carbons (Fsp3) is 0.0714. The number of hydrogen-bond donors (Lipinski definition) is 2. The Morgan fingerprint density at radius 3 is 2.61 bits per heavy atom. The monoisotopic (exact) mass is 244 g/mol. The molecule has 2 rings (SSSR count). The van der Waals surface area contributed by atoms with E-state index in [1.165, 1.54) is 12.1 Å². The molecule has 18 heavy (non-hydrogen) atoms. The summed E-state index contributed by atoms with van der Waals surface area (Å²) in [5.41, 5.74) is 7.32. The number of carbonyl (C=O) groups excluding carboxylic acids is 1. The topological polar surface area (TPSA) is 55.1 Å². The van der Waals surface area contributed by atoms with E-state index in [1.807, 2.05) is 0 Å². The number of nitrogen functional groups attached to an aromatic ring is 1. The van der Waals surface area contributed by atoms with Crippen molar-refractivity contribution < 1.29 is 9.18 Å². The molecule has 0 radical (unpaired) electrons.